The first-order valence-electron chi connectivity index (χ1n) is 6.63. The highest BCUT2D eigenvalue weighted by Gasteiger charge is 2.13. The summed E-state index contributed by atoms with van der Waals surface area (Å²) in [5.74, 6) is -0.253. The number of ether oxygens (including phenoxy) is 1. The molecule has 0 aliphatic heterocycles. The number of hydrogen-bond acceptors (Lipinski definition) is 4. The lowest BCUT2D eigenvalue weighted by Crippen LogP contribution is -2.30. The van der Waals surface area contributed by atoms with Crippen LogP contribution in [-0.2, 0) is 4.74 Å². The van der Waals surface area contributed by atoms with Gasteiger partial charge in [0.25, 0.3) is 5.91 Å². The number of carbonyl (C=O) groups excluding carboxylic acids is 1. The van der Waals surface area contributed by atoms with Crippen molar-refractivity contribution in [3.05, 3.63) is 23.2 Å². The molecule has 1 N–H and O–H groups in total. The Morgan fingerprint density at radius 3 is 2.79 bits per heavy atom. The van der Waals surface area contributed by atoms with E-state index in [4.69, 9.17) is 16.3 Å². The van der Waals surface area contributed by atoms with Crippen LogP contribution in [-0.4, -0.2) is 35.1 Å². The Bertz CT molecular complexity index is 405. The van der Waals surface area contributed by atoms with Gasteiger partial charge in [-0.2, -0.15) is 0 Å². The Morgan fingerprint density at radius 2 is 2.11 bits per heavy atom. The highest BCUT2D eigenvalue weighted by molar-refractivity contribution is 6.29. The maximum Gasteiger partial charge on any atom is 0.271 e. The number of nitrogens with zero attached hydrogens (tertiary/aromatic N) is 2. The molecular formula is C13H18ClN3O2. The topological polar surface area (TPSA) is 64.1 Å². The molecule has 104 valence electrons. The second-order valence-electron chi connectivity index (χ2n) is 4.61. The van der Waals surface area contributed by atoms with Gasteiger partial charge >= 0.3 is 0 Å². The van der Waals surface area contributed by atoms with Crippen molar-refractivity contribution < 1.29 is 9.53 Å². The van der Waals surface area contributed by atoms with Gasteiger partial charge in [-0.15, -0.1) is 0 Å². The SMILES string of the molecule is O=C(NCCOC1CCCCC1)c1cnc(Cl)cn1. The summed E-state index contributed by atoms with van der Waals surface area (Å²) in [6, 6.07) is 0. The molecule has 1 fully saturated rings. The van der Waals surface area contributed by atoms with Crippen molar-refractivity contribution in [3.63, 3.8) is 0 Å². The van der Waals surface area contributed by atoms with Crippen LogP contribution >= 0.6 is 11.6 Å². The minimum atomic E-state index is -0.253. The lowest BCUT2D eigenvalue weighted by Gasteiger charge is -2.21. The van der Waals surface area contributed by atoms with E-state index in [0.717, 1.165) is 12.8 Å². The molecule has 1 saturated carbocycles. The molecule has 0 aromatic carbocycles. The van der Waals surface area contributed by atoms with Crippen LogP contribution in [0.25, 0.3) is 0 Å². The van der Waals surface area contributed by atoms with E-state index in [9.17, 15) is 4.79 Å². The highest BCUT2D eigenvalue weighted by Crippen LogP contribution is 2.19. The summed E-state index contributed by atoms with van der Waals surface area (Å²) in [6.07, 6.45) is 9.16. The Hall–Kier alpha value is -1.20. The third-order valence-corrected chi connectivity index (χ3v) is 3.34. The Morgan fingerprint density at radius 1 is 1.32 bits per heavy atom. The van der Waals surface area contributed by atoms with Crippen LogP contribution < -0.4 is 5.32 Å². The van der Waals surface area contributed by atoms with Gasteiger partial charge in [0.05, 0.1) is 25.1 Å². The summed E-state index contributed by atoms with van der Waals surface area (Å²) in [6.45, 7) is 1.02. The van der Waals surface area contributed by atoms with E-state index in [1.165, 1.54) is 31.7 Å². The second-order valence-corrected chi connectivity index (χ2v) is 5.00. The summed E-state index contributed by atoms with van der Waals surface area (Å²) >= 11 is 5.60. The van der Waals surface area contributed by atoms with Gasteiger partial charge in [0.1, 0.15) is 10.8 Å². The van der Waals surface area contributed by atoms with Crippen molar-refractivity contribution in [1.29, 1.82) is 0 Å². The molecular weight excluding hydrogens is 266 g/mol. The number of carbonyl (C=O) groups is 1. The number of hydrogen-bond donors (Lipinski definition) is 1. The fourth-order valence-electron chi connectivity index (χ4n) is 2.14. The maximum absolute atomic E-state index is 11.7. The summed E-state index contributed by atoms with van der Waals surface area (Å²) in [7, 11) is 0. The maximum atomic E-state index is 11.7. The first-order chi connectivity index (χ1) is 9.25. The zero-order valence-corrected chi connectivity index (χ0v) is 11.5. The van der Waals surface area contributed by atoms with Crippen molar-refractivity contribution in [2.24, 2.45) is 0 Å². The molecule has 0 radical (unpaired) electrons. The van der Waals surface area contributed by atoms with Crippen LogP contribution in [0.5, 0.6) is 0 Å². The molecule has 1 aromatic heterocycles. The fraction of sp³-hybridized carbons (Fsp3) is 0.615. The van der Waals surface area contributed by atoms with Gasteiger partial charge in [-0.3, -0.25) is 4.79 Å². The van der Waals surface area contributed by atoms with Gasteiger partial charge in [-0.1, -0.05) is 30.9 Å². The van der Waals surface area contributed by atoms with E-state index in [2.05, 4.69) is 15.3 Å². The Labute approximate surface area is 117 Å². The summed E-state index contributed by atoms with van der Waals surface area (Å²) in [5.41, 5.74) is 0.266. The van der Waals surface area contributed by atoms with Crippen LogP contribution in [0.3, 0.4) is 0 Å². The molecule has 1 aliphatic carbocycles. The molecule has 1 aromatic rings. The highest BCUT2D eigenvalue weighted by atomic mass is 35.5. The van der Waals surface area contributed by atoms with Crippen molar-refractivity contribution in [3.8, 4) is 0 Å². The molecule has 1 heterocycles. The minimum Gasteiger partial charge on any atom is -0.376 e. The smallest absolute Gasteiger partial charge is 0.271 e. The number of halogens is 1. The van der Waals surface area contributed by atoms with Gasteiger partial charge in [-0.05, 0) is 12.8 Å². The lowest BCUT2D eigenvalue weighted by molar-refractivity contribution is 0.0299. The van der Waals surface area contributed by atoms with Crippen molar-refractivity contribution >= 4 is 17.5 Å². The monoisotopic (exact) mass is 283 g/mol. The van der Waals surface area contributed by atoms with Crippen molar-refractivity contribution in [2.45, 2.75) is 38.2 Å². The first-order valence-corrected chi connectivity index (χ1v) is 7.01. The van der Waals surface area contributed by atoms with E-state index in [1.807, 2.05) is 0 Å². The fourth-order valence-corrected chi connectivity index (χ4v) is 2.24. The summed E-state index contributed by atoms with van der Waals surface area (Å²) in [5, 5.41) is 3.02. The number of amides is 1. The van der Waals surface area contributed by atoms with Gasteiger partial charge in [-0.25, -0.2) is 9.97 Å². The van der Waals surface area contributed by atoms with Crippen molar-refractivity contribution in [1.82, 2.24) is 15.3 Å². The molecule has 19 heavy (non-hydrogen) atoms. The minimum absolute atomic E-state index is 0.253. The van der Waals surface area contributed by atoms with Gasteiger partial charge in [0.15, 0.2) is 0 Å². The molecule has 5 nitrogen and oxygen atoms in total. The van der Waals surface area contributed by atoms with E-state index < -0.39 is 0 Å². The van der Waals surface area contributed by atoms with E-state index in [-0.39, 0.29) is 16.8 Å². The summed E-state index contributed by atoms with van der Waals surface area (Å²) in [4.78, 5) is 19.4. The second kappa shape index (κ2) is 7.40. The Balaban J connectivity index is 1.64. The van der Waals surface area contributed by atoms with Gasteiger partial charge in [0.2, 0.25) is 0 Å². The number of aromatic nitrogens is 2. The van der Waals surface area contributed by atoms with E-state index in [0.29, 0.717) is 19.3 Å². The van der Waals surface area contributed by atoms with E-state index in [1.54, 1.807) is 0 Å². The third kappa shape index (κ3) is 4.76. The molecule has 0 spiro atoms. The predicted molar refractivity (Wildman–Crippen MR) is 72.2 cm³/mol. The molecule has 1 aliphatic rings. The normalized spacial score (nSPS) is 16.3. The summed E-state index contributed by atoms with van der Waals surface area (Å²) < 4.78 is 5.72. The third-order valence-electron chi connectivity index (χ3n) is 3.15. The molecule has 1 amide bonds. The number of nitrogens with one attached hydrogen (secondary N) is 1. The predicted octanol–water partition coefficient (Wildman–Crippen LogP) is 2.21. The molecule has 6 heteroatoms. The molecule has 2 rings (SSSR count). The largest absolute Gasteiger partial charge is 0.376 e. The van der Waals surface area contributed by atoms with Crippen LogP contribution in [0.15, 0.2) is 12.4 Å². The van der Waals surface area contributed by atoms with Crippen LogP contribution in [0.1, 0.15) is 42.6 Å². The van der Waals surface area contributed by atoms with Crippen molar-refractivity contribution in [2.75, 3.05) is 13.2 Å². The first kappa shape index (κ1) is 14.2. The van der Waals surface area contributed by atoms with Gasteiger partial charge in [0, 0.05) is 6.54 Å². The molecule has 0 saturated heterocycles. The lowest BCUT2D eigenvalue weighted by atomic mass is 9.98. The van der Waals surface area contributed by atoms with Crippen LogP contribution in [0.4, 0.5) is 0 Å². The average molecular weight is 284 g/mol. The zero-order chi connectivity index (χ0) is 13.5. The molecule has 0 unspecified atom stereocenters. The standard InChI is InChI=1S/C13H18ClN3O2/c14-12-9-16-11(8-17-12)13(18)15-6-7-19-10-4-2-1-3-5-10/h8-10H,1-7H2,(H,15,18). The number of rotatable bonds is 5. The average Bonchev–Trinajstić information content (AvgIpc) is 2.45. The van der Waals surface area contributed by atoms with E-state index >= 15 is 0 Å². The molecule has 0 bridgehead atoms. The van der Waals surface area contributed by atoms with Crippen LogP contribution in [0.2, 0.25) is 5.15 Å². The van der Waals surface area contributed by atoms with Gasteiger partial charge < -0.3 is 10.1 Å². The zero-order valence-electron chi connectivity index (χ0n) is 10.8. The Kier molecular flexibility index (Phi) is 5.54. The quantitative estimate of drug-likeness (QED) is 0.842. The molecule has 0 atom stereocenters. The van der Waals surface area contributed by atoms with Crippen LogP contribution in [0, 0.1) is 0 Å².